The second kappa shape index (κ2) is 8.15. The maximum atomic E-state index is 6.17. The Hall–Kier alpha value is -1.65. The molecule has 7 heteroatoms. The normalized spacial score (nSPS) is 11.2. The van der Waals surface area contributed by atoms with E-state index in [-0.39, 0.29) is 0 Å². The fourth-order valence-electron chi connectivity index (χ4n) is 2.19. The third kappa shape index (κ3) is 4.50. The standard InChI is InChI=1S/C18H12Cl4N2O/c19-11-4-6-17(22)13(8-11)18-7-5-12(25-18)9-23-24-10-14-15(20)2-1-3-16(14)21/h1-9,24H,10H2/b23-9+. The van der Waals surface area contributed by atoms with Crippen molar-refractivity contribution < 1.29 is 4.42 Å². The summed E-state index contributed by atoms with van der Waals surface area (Å²) in [6.07, 6.45) is 1.56. The number of furan rings is 1. The molecule has 0 saturated carbocycles. The molecule has 0 saturated heterocycles. The number of halogens is 4. The van der Waals surface area contributed by atoms with Gasteiger partial charge in [0.05, 0.1) is 17.8 Å². The SMILES string of the molecule is Clc1ccc(Cl)c(-c2ccc(/C=N/NCc3c(Cl)cccc3Cl)o2)c1. The van der Waals surface area contributed by atoms with E-state index < -0.39 is 0 Å². The van der Waals surface area contributed by atoms with Crippen molar-refractivity contribution in [1.29, 1.82) is 0 Å². The van der Waals surface area contributed by atoms with Gasteiger partial charge in [0.15, 0.2) is 0 Å². The van der Waals surface area contributed by atoms with Crippen molar-refractivity contribution in [3.05, 3.63) is 79.9 Å². The number of rotatable bonds is 5. The second-order valence-corrected chi connectivity index (χ2v) is 6.78. The number of nitrogens with one attached hydrogen (secondary N) is 1. The molecular formula is C18H12Cl4N2O. The topological polar surface area (TPSA) is 37.5 Å². The molecule has 25 heavy (non-hydrogen) atoms. The molecule has 3 aromatic rings. The Bertz CT molecular complexity index is 901. The van der Waals surface area contributed by atoms with Crippen LogP contribution in [0.3, 0.4) is 0 Å². The summed E-state index contributed by atoms with van der Waals surface area (Å²) in [6.45, 7) is 0.405. The van der Waals surface area contributed by atoms with E-state index in [1.807, 2.05) is 6.07 Å². The van der Waals surface area contributed by atoms with Crippen LogP contribution in [0.25, 0.3) is 11.3 Å². The molecule has 3 rings (SSSR count). The Balaban J connectivity index is 1.67. The van der Waals surface area contributed by atoms with Crippen molar-refractivity contribution in [3.63, 3.8) is 0 Å². The highest BCUT2D eigenvalue weighted by Gasteiger charge is 2.09. The lowest BCUT2D eigenvalue weighted by Gasteiger charge is -2.05. The number of benzene rings is 2. The molecule has 0 amide bonds. The summed E-state index contributed by atoms with van der Waals surface area (Å²) < 4.78 is 5.72. The van der Waals surface area contributed by atoms with Crippen LogP contribution in [0.15, 0.2) is 58.0 Å². The summed E-state index contributed by atoms with van der Waals surface area (Å²) in [5.74, 6) is 1.19. The molecule has 0 spiro atoms. The smallest absolute Gasteiger partial charge is 0.147 e. The zero-order valence-corrected chi connectivity index (χ0v) is 15.8. The van der Waals surface area contributed by atoms with Crippen molar-refractivity contribution in [2.45, 2.75) is 6.54 Å². The van der Waals surface area contributed by atoms with Crippen LogP contribution in [0.1, 0.15) is 11.3 Å². The van der Waals surface area contributed by atoms with Crippen molar-refractivity contribution in [1.82, 2.24) is 5.43 Å². The summed E-state index contributed by atoms with van der Waals surface area (Å²) in [6, 6.07) is 14.2. The third-order valence-corrected chi connectivity index (χ3v) is 4.69. The van der Waals surface area contributed by atoms with Crippen LogP contribution >= 0.6 is 46.4 Å². The van der Waals surface area contributed by atoms with Gasteiger partial charge in [-0.05, 0) is 42.5 Å². The van der Waals surface area contributed by atoms with Crippen molar-refractivity contribution >= 4 is 52.6 Å². The molecule has 0 atom stereocenters. The molecule has 0 aliphatic carbocycles. The van der Waals surface area contributed by atoms with Gasteiger partial charge in [-0.1, -0.05) is 52.5 Å². The van der Waals surface area contributed by atoms with Crippen molar-refractivity contribution in [2.75, 3.05) is 0 Å². The predicted octanol–water partition coefficient (Wildman–Crippen LogP) is 6.68. The van der Waals surface area contributed by atoms with Gasteiger partial charge in [0.25, 0.3) is 0 Å². The molecule has 0 aliphatic rings. The maximum Gasteiger partial charge on any atom is 0.147 e. The van der Waals surface area contributed by atoms with Gasteiger partial charge in [0.2, 0.25) is 0 Å². The average Bonchev–Trinajstić information content (AvgIpc) is 3.04. The first-order valence-electron chi connectivity index (χ1n) is 7.28. The van der Waals surface area contributed by atoms with Crippen LogP contribution in [-0.2, 0) is 6.54 Å². The highest BCUT2D eigenvalue weighted by molar-refractivity contribution is 6.36. The minimum atomic E-state index is 0.405. The van der Waals surface area contributed by atoms with E-state index in [0.717, 1.165) is 11.1 Å². The zero-order valence-electron chi connectivity index (χ0n) is 12.8. The molecule has 3 nitrogen and oxygen atoms in total. The average molecular weight is 414 g/mol. The molecular weight excluding hydrogens is 402 g/mol. The first-order chi connectivity index (χ1) is 12.0. The highest BCUT2D eigenvalue weighted by Crippen LogP contribution is 2.31. The summed E-state index contributed by atoms with van der Waals surface area (Å²) in [7, 11) is 0. The zero-order chi connectivity index (χ0) is 17.8. The lowest BCUT2D eigenvalue weighted by atomic mass is 10.2. The molecule has 2 aromatic carbocycles. The lowest BCUT2D eigenvalue weighted by Crippen LogP contribution is -2.06. The van der Waals surface area contributed by atoms with Crippen molar-refractivity contribution in [3.8, 4) is 11.3 Å². The third-order valence-electron chi connectivity index (χ3n) is 3.42. The van der Waals surface area contributed by atoms with Crippen LogP contribution in [-0.4, -0.2) is 6.21 Å². The molecule has 128 valence electrons. The Morgan fingerprint density at radius 2 is 1.68 bits per heavy atom. The molecule has 0 radical (unpaired) electrons. The number of hydrogen-bond donors (Lipinski definition) is 1. The van der Waals surface area contributed by atoms with E-state index in [1.54, 1.807) is 48.7 Å². The van der Waals surface area contributed by atoms with Gasteiger partial charge < -0.3 is 9.84 Å². The van der Waals surface area contributed by atoms with E-state index in [4.69, 9.17) is 50.8 Å². The van der Waals surface area contributed by atoms with Crippen LogP contribution in [0.5, 0.6) is 0 Å². The fourth-order valence-corrected chi connectivity index (χ4v) is 3.10. The van der Waals surface area contributed by atoms with Gasteiger partial charge in [-0.2, -0.15) is 5.10 Å². The first kappa shape index (κ1) is 18.2. The summed E-state index contributed by atoms with van der Waals surface area (Å²) in [5, 5.41) is 6.45. The van der Waals surface area contributed by atoms with Crippen LogP contribution in [0.2, 0.25) is 20.1 Å². The van der Waals surface area contributed by atoms with Crippen LogP contribution in [0, 0.1) is 0 Å². The first-order valence-corrected chi connectivity index (χ1v) is 8.80. The number of nitrogens with zero attached hydrogens (tertiary/aromatic N) is 1. The van der Waals surface area contributed by atoms with Gasteiger partial charge in [0.1, 0.15) is 11.5 Å². The van der Waals surface area contributed by atoms with E-state index in [1.165, 1.54) is 0 Å². The minimum Gasteiger partial charge on any atom is -0.455 e. The molecule has 0 aliphatic heterocycles. The van der Waals surface area contributed by atoms with E-state index in [0.29, 0.717) is 38.2 Å². The molecule has 1 aromatic heterocycles. The summed E-state index contributed by atoms with van der Waals surface area (Å²) in [4.78, 5) is 0. The Morgan fingerprint density at radius 3 is 2.44 bits per heavy atom. The molecule has 1 heterocycles. The number of hydrogen-bond acceptors (Lipinski definition) is 3. The molecule has 1 N–H and O–H groups in total. The van der Waals surface area contributed by atoms with Gasteiger partial charge in [-0.25, -0.2) is 0 Å². The highest BCUT2D eigenvalue weighted by atomic mass is 35.5. The quantitative estimate of drug-likeness (QED) is 0.374. The fraction of sp³-hybridized carbons (Fsp3) is 0.0556. The number of hydrazone groups is 1. The summed E-state index contributed by atoms with van der Waals surface area (Å²) >= 11 is 24.4. The van der Waals surface area contributed by atoms with Gasteiger partial charge in [0, 0.05) is 26.2 Å². The monoisotopic (exact) mass is 412 g/mol. The van der Waals surface area contributed by atoms with Gasteiger partial charge in [-0.15, -0.1) is 0 Å². The van der Waals surface area contributed by atoms with Crippen LogP contribution in [0.4, 0.5) is 0 Å². The Kier molecular flexibility index (Phi) is 5.92. The van der Waals surface area contributed by atoms with E-state index in [2.05, 4.69) is 10.5 Å². The minimum absolute atomic E-state index is 0.405. The molecule has 0 unspecified atom stereocenters. The van der Waals surface area contributed by atoms with Gasteiger partial charge in [-0.3, -0.25) is 0 Å². The Morgan fingerprint density at radius 1 is 0.920 bits per heavy atom. The van der Waals surface area contributed by atoms with E-state index in [9.17, 15) is 0 Å². The van der Waals surface area contributed by atoms with Gasteiger partial charge >= 0.3 is 0 Å². The second-order valence-electron chi connectivity index (χ2n) is 5.12. The Labute approximate surface area is 165 Å². The van der Waals surface area contributed by atoms with E-state index >= 15 is 0 Å². The largest absolute Gasteiger partial charge is 0.455 e. The molecule has 0 fully saturated rings. The lowest BCUT2D eigenvalue weighted by molar-refractivity contribution is 0.573. The van der Waals surface area contributed by atoms with Crippen LogP contribution < -0.4 is 5.43 Å². The van der Waals surface area contributed by atoms with Crippen molar-refractivity contribution in [2.24, 2.45) is 5.10 Å². The summed E-state index contributed by atoms with van der Waals surface area (Å²) in [5.41, 5.74) is 4.41. The molecule has 0 bridgehead atoms. The maximum absolute atomic E-state index is 6.17. The predicted molar refractivity (Wildman–Crippen MR) is 105 cm³/mol.